The first-order valence-electron chi connectivity index (χ1n) is 6.68. The Bertz CT molecular complexity index is 286. The summed E-state index contributed by atoms with van der Waals surface area (Å²) in [7, 11) is 0. The van der Waals surface area contributed by atoms with Crippen LogP contribution in [0.5, 0.6) is 0 Å². The zero-order valence-corrected chi connectivity index (χ0v) is 11.8. The summed E-state index contributed by atoms with van der Waals surface area (Å²) in [6, 6.07) is 0. The highest BCUT2D eigenvalue weighted by Crippen LogP contribution is 2.29. The molecular weight excluding hydrogens is 252 g/mol. The van der Waals surface area contributed by atoms with E-state index in [0.717, 1.165) is 12.8 Å². The van der Waals surface area contributed by atoms with Gasteiger partial charge in [-0.25, -0.2) is 0 Å². The molecule has 0 aromatic heterocycles. The van der Waals surface area contributed by atoms with Crippen LogP contribution in [-0.2, 0) is 28.5 Å². The van der Waals surface area contributed by atoms with Gasteiger partial charge in [-0.05, 0) is 20.3 Å². The third-order valence-electron chi connectivity index (χ3n) is 2.89. The Kier molecular flexibility index (Phi) is 6.24. The summed E-state index contributed by atoms with van der Waals surface area (Å²) in [6.07, 6.45) is 1.25. The lowest BCUT2D eigenvalue weighted by Crippen LogP contribution is -2.53. The first kappa shape index (κ1) is 15.9. The fourth-order valence-corrected chi connectivity index (χ4v) is 1.82. The predicted octanol–water partition coefficient (Wildman–Crippen LogP) is 1.27. The predicted molar refractivity (Wildman–Crippen MR) is 66.3 cm³/mol. The van der Waals surface area contributed by atoms with E-state index in [4.69, 9.17) is 18.9 Å². The van der Waals surface area contributed by atoms with E-state index in [9.17, 15) is 9.59 Å². The van der Waals surface area contributed by atoms with Gasteiger partial charge >= 0.3 is 11.9 Å². The maximum Gasteiger partial charge on any atom is 0.328 e. The molecule has 0 aliphatic carbocycles. The number of esters is 2. The molecule has 1 aliphatic rings. The monoisotopic (exact) mass is 274 g/mol. The van der Waals surface area contributed by atoms with Gasteiger partial charge in [-0.1, -0.05) is 13.3 Å². The molecule has 19 heavy (non-hydrogen) atoms. The van der Waals surface area contributed by atoms with Crippen LogP contribution in [0.15, 0.2) is 0 Å². The van der Waals surface area contributed by atoms with E-state index in [-0.39, 0.29) is 32.7 Å². The fourth-order valence-electron chi connectivity index (χ4n) is 1.82. The summed E-state index contributed by atoms with van der Waals surface area (Å²) in [5.74, 6) is -1.30. The summed E-state index contributed by atoms with van der Waals surface area (Å²) >= 11 is 0. The van der Waals surface area contributed by atoms with Gasteiger partial charge in [0, 0.05) is 0 Å². The van der Waals surface area contributed by atoms with Crippen molar-refractivity contribution in [1.29, 1.82) is 0 Å². The third kappa shape index (κ3) is 3.67. The van der Waals surface area contributed by atoms with Crippen LogP contribution >= 0.6 is 0 Å². The smallest absolute Gasteiger partial charge is 0.328 e. The van der Waals surface area contributed by atoms with Crippen LogP contribution in [0.1, 0.15) is 33.6 Å². The highest BCUT2D eigenvalue weighted by atomic mass is 16.7. The molecule has 0 aromatic carbocycles. The number of carbonyl (C=O) groups excluding carboxylic acids is 2. The fraction of sp³-hybridized carbons (Fsp3) is 0.846. The van der Waals surface area contributed by atoms with Crippen molar-refractivity contribution in [3.63, 3.8) is 0 Å². The zero-order chi connectivity index (χ0) is 14.3. The van der Waals surface area contributed by atoms with Crippen molar-refractivity contribution >= 4 is 11.9 Å². The van der Waals surface area contributed by atoms with Crippen molar-refractivity contribution < 1.29 is 28.5 Å². The van der Waals surface area contributed by atoms with Crippen LogP contribution in [0.25, 0.3) is 0 Å². The zero-order valence-electron chi connectivity index (χ0n) is 11.8. The molecule has 0 N–H and O–H groups in total. The molecule has 0 aromatic rings. The number of carbonyl (C=O) groups is 2. The van der Waals surface area contributed by atoms with Gasteiger partial charge in [-0.15, -0.1) is 0 Å². The van der Waals surface area contributed by atoms with Crippen molar-refractivity contribution in [3.8, 4) is 0 Å². The van der Waals surface area contributed by atoms with Gasteiger partial charge in [0.25, 0.3) is 0 Å². The second-order valence-electron chi connectivity index (χ2n) is 4.36. The molecule has 1 heterocycles. The SMILES string of the molecule is CCCC1OCC(C(=O)OCC)(C(=O)OCC)CO1. The highest BCUT2D eigenvalue weighted by molar-refractivity contribution is 6.00. The van der Waals surface area contributed by atoms with E-state index >= 15 is 0 Å². The van der Waals surface area contributed by atoms with Gasteiger partial charge in [0.2, 0.25) is 5.41 Å². The molecule has 6 nitrogen and oxygen atoms in total. The summed E-state index contributed by atoms with van der Waals surface area (Å²) in [5, 5.41) is 0. The van der Waals surface area contributed by atoms with Crippen molar-refractivity contribution in [3.05, 3.63) is 0 Å². The molecule has 0 atom stereocenters. The van der Waals surface area contributed by atoms with E-state index in [1.54, 1.807) is 13.8 Å². The van der Waals surface area contributed by atoms with E-state index < -0.39 is 17.4 Å². The molecule has 1 rings (SSSR count). The minimum Gasteiger partial charge on any atom is -0.465 e. The normalized spacial score (nSPS) is 18.9. The Morgan fingerprint density at radius 2 is 1.53 bits per heavy atom. The summed E-state index contributed by atoms with van der Waals surface area (Å²) in [5.41, 5.74) is -1.49. The Morgan fingerprint density at radius 1 is 1.05 bits per heavy atom. The molecule has 0 spiro atoms. The minimum absolute atomic E-state index is 0.0602. The van der Waals surface area contributed by atoms with Gasteiger partial charge in [0.1, 0.15) is 0 Å². The lowest BCUT2D eigenvalue weighted by Gasteiger charge is -2.35. The third-order valence-corrected chi connectivity index (χ3v) is 2.89. The van der Waals surface area contributed by atoms with Gasteiger partial charge < -0.3 is 18.9 Å². The number of rotatable bonds is 6. The Balaban J connectivity index is 2.78. The van der Waals surface area contributed by atoms with Crippen molar-refractivity contribution in [1.82, 2.24) is 0 Å². The standard InChI is InChI=1S/C13H22O6/c1-4-7-10-18-8-13(9-19-10,11(14)16-5-2)12(15)17-6-3/h10H,4-9H2,1-3H3. The number of ether oxygens (including phenoxy) is 4. The molecule has 6 heteroatoms. The summed E-state index contributed by atoms with van der Waals surface area (Å²) in [6.45, 7) is 5.63. The van der Waals surface area contributed by atoms with E-state index in [0.29, 0.717) is 0 Å². The Morgan fingerprint density at radius 3 is 1.89 bits per heavy atom. The van der Waals surface area contributed by atoms with Gasteiger partial charge in [-0.2, -0.15) is 0 Å². The lowest BCUT2D eigenvalue weighted by molar-refractivity contribution is -0.241. The van der Waals surface area contributed by atoms with Crippen LogP contribution in [0.3, 0.4) is 0 Å². The topological polar surface area (TPSA) is 71.1 Å². The summed E-state index contributed by atoms with van der Waals surface area (Å²) < 4.78 is 20.8. The van der Waals surface area contributed by atoms with Gasteiger partial charge in [0.05, 0.1) is 26.4 Å². The average Bonchev–Trinajstić information content (AvgIpc) is 2.40. The molecule has 0 bridgehead atoms. The lowest BCUT2D eigenvalue weighted by atomic mass is 9.89. The first-order valence-corrected chi connectivity index (χ1v) is 6.68. The molecule has 110 valence electrons. The molecule has 0 amide bonds. The van der Waals surface area contributed by atoms with E-state index in [1.807, 2.05) is 6.92 Å². The highest BCUT2D eigenvalue weighted by Gasteiger charge is 2.52. The molecule has 0 saturated carbocycles. The van der Waals surface area contributed by atoms with Crippen molar-refractivity contribution in [2.75, 3.05) is 26.4 Å². The van der Waals surface area contributed by atoms with Crippen molar-refractivity contribution in [2.24, 2.45) is 5.41 Å². The van der Waals surface area contributed by atoms with Gasteiger partial charge in [0.15, 0.2) is 6.29 Å². The number of hydrogen-bond acceptors (Lipinski definition) is 6. The van der Waals surface area contributed by atoms with Crippen LogP contribution < -0.4 is 0 Å². The first-order chi connectivity index (χ1) is 9.10. The van der Waals surface area contributed by atoms with Crippen molar-refractivity contribution in [2.45, 2.75) is 39.9 Å². The van der Waals surface area contributed by atoms with Crippen LogP contribution in [0.4, 0.5) is 0 Å². The quantitative estimate of drug-likeness (QED) is 0.536. The maximum atomic E-state index is 12.0. The summed E-state index contributed by atoms with van der Waals surface area (Å²) in [4.78, 5) is 24.0. The second kappa shape index (κ2) is 7.45. The van der Waals surface area contributed by atoms with Crippen LogP contribution in [-0.4, -0.2) is 44.7 Å². The maximum absolute atomic E-state index is 12.0. The molecule has 1 aliphatic heterocycles. The number of hydrogen-bond donors (Lipinski definition) is 0. The molecular formula is C13H22O6. The van der Waals surface area contributed by atoms with E-state index in [2.05, 4.69) is 0 Å². The Labute approximate surface area is 113 Å². The second-order valence-corrected chi connectivity index (χ2v) is 4.36. The average molecular weight is 274 g/mol. The molecule has 0 unspecified atom stereocenters. The minimum atomic E-state index is -1.49. The molecule has 1 fully saturated rings. The largest absolute Gasteiger partial charge is 0.465 e. The molecule has 0 radical (unpaired) electrons. The Hall–Kier alpha value is -1.14. The molecule has 1 saturated heterocycles. The van der Waals surface area contributed by atoms with Crippen LogP contribution in [0, 0.1) is 5.41 Å². The van der Waals surface area contributed by atoms with E-state index in [1.165, 1.54) is 0 Å². The van der Waals surface area contributed by atoms with Crippen LogP contribution in [0.2, 0.25) is 0 Å². The van der Waals surface area contributed by atoms with Gasteiger partial charge in [-0.3, -0.25) is 9.59 Å².